The lowest BCUT2D eigenvalue weighted by atomic mass is 10.1. The summed E-state index contributed by atoms with van der Waals surface area (Å²) in [6.45, 7) is 0.704. The van der Waals surface area contributed by atoms with Gasteiger partial charge in [-0.25, -0.2) is 0 Å². The summed E-state index contributed by atoms with van der Waals surface area (Å²) < 4.78 is 0. The number of fused-ring (bicyclic) bond motifs is 1. The highest BCUT2D eigenvalue weighted by atomic mass is 35.5. The Morgan fingerprint density at radius 3 is 2.70 bits per heavy atom. The summed E-state index contributed by atoms with van der Waals surface area (Å²) in [5.74, 6) is 0.0731. The molecule has 0 saturated heterocycles. The van der Waals surface area contributed by atoms with Gasteiger partial charge in [-0.1, -0.05) is 35.9 Å². The molecule has 0 radical (unpaired) electrons. The third-order valence-electron chi connectivity index (χ3n) is 3.60. The number of halogens is 1. The topological polar surface area (TPSA) is 46.3 Å². The quantitative estimate of drug-likeness (QED) is 0.863. The van der Waals surface area contributed by atoms with E-state index in [4.69, 9.17) is 17.3 Å². The van der Waals surface area contributed by atoms with E-state index in [2.05, 4.69) is 0 Å². The molecule has 1 amide bonds. The van der Waals surface area contributed by atoms with Gasteiger partial charge in [0.25, 0.3) is 0 Å². The Kier molecular flexibility index (Phi) is 3.36. The van der Waals surface area contributed by atoms with Crippen LogP contribution >= 0.6 is 11.6 Å². The number of carbonyl (C=O) groups is 1. The molecule has 0 saturated carbocycles. The molecule has 1 aliphatic rings. The van der Waals surface area contributed by atoms with E-state index in [0.717, 1.165) is 23.2 Å². The van der Waals surface area contributed by atoms with Crippen LogP contribution in [0.15, 0.2) is 42.5 Å². The Balaban J connectivity index is 1.82. The van der Waals surface area contributed by atoms with E-state index in [-0.39, 0.29) is 5.91 Å². The molecule has 2 aromatic rings. The van der Waals surface area contributed by atoms with Crippen LogP contribution in [-0.2, 0) is 17.6 Å². The molecule has 0 aliphatic carbocycles. The molecule has 0 atom stereocenters. The second-order valence-corrected chi connectivity index (χ2v) is 5.39. The lowest BCUT2D eigenvalue weighted by Gasteiger charge is -2.19. The van der Waals surface area contributed by atoms with E-state index < -0.39 is 0 Å². The number of hydrogen-bond donors (Lipinski definition) is 1. The van der Waals surface area contributed by atoms with Gasteiger partial charge in [-0.2, -0.15) is 0 Å². The summed E-state index contributed by atoms with van der Waals surface area (Å²) in [4.78, 5) is 14.2. The Morgan fingerprint density at radius 2 is 1.95 bits per heavy atom. The number of nitrogen functional groups attached to an aromatic ring is 1. The van der Waals surface area contributed by atoms with Gasteiger partial charge in [-0.15, -0.1) is 0 Å². The molecule has 4 heteroatoms. The van der Waals surface area contributed by atoms with E-state index in [9.17, 15) is 4.79 Å². The standard InChI is InChI=1S/C16H15ClN2O/c17-13-6-4-11(5-7-13)10-15(20)19-9-8-12-2-1-3-14(18)16(12)19/h1-7H,8-10,18H2. The molecule has 0 fully saturated rings. The van der Waals surface area contributed by atoms with Crippen molar-refractivity contribution in [2.75, 3.05) is 17.2 Å². The first kappa shape index (κ1) is 13.0. The van der Waals surface area contributed by atoms with Crippen molar-refractivity contribution < 1.29 is 4.79 Å². The molecule has 2 aromatic carbocycles. The van der Waals surface area contributed by atoms with Gasteiger partial charge >= 0.3 is 0 Å². The van der Waals surface area contributed by atoms with Gasteiger partial charge in [0.15, 0.2) is 0 Å². The molecule has 0 spiro atoms. The number of para-hydroxylation sites is 1. The molecule has 1 aliphatic heterocycles. The maximum atomic E-state index is 12.5. The fourth-order valence-electron chi connectivity index (χ4n) is 2.61. The first-order valence-corrected chi connectivity index (χ1v) is 6.95. The van der Waals surface area contributed by atoms with Crippen molar-refractivity contribution in [2.24, 2.45) is 0 Å². The van der Waals surface area contributed by atoms with Crippen molar-refractivity contribution in [2.45, 2.75) is 12.8 Å². The second-order valence-electron chi connectivity index (χ2n) is 4.95. The number of nitrogens with two attached hydrogens (primary N) is 1. The smallest absolute Gasteiger partial charge is 0.231 e. The first-order valence-electron chi connectivity index (χ1n) is 6.57. The zero-order valence-electron chi connectivity index (χ0n) is 11.0. The zero-order chi connectivity index (χ0) is 14.1. The molecule has 0 bridgehead atoms. The van der Waals surface area contributed by atoms with Crippen molar-refractivity contribution in [3.8, 4) is 0 Å². The van der Waals surface area contributed by atoms with Gasteiger partial charge in [0.05, 0.1) is 17.8 Å². The van der Waals surface area contributed by atoms with E-state index >= 15 is 0 Å². The molecular formula is C16H15ClN2O. The number of amides is 1. The third-order valence-corrected chi connectivity index (χ3v) is 3.85. The van der Waals surface area contributed by atoms with Crippen molar-refractivity contribution in [1.82, 2.24) is 0 Å². The predicted octanol–water partition coefficient (Wildman–Crippen LogP) is 3.05. The van der Waals surface area contributed by atoms with Crippen LogP contribution in [0.25, 0.3) is 0 Å². The lowest BCUT2D eigenvalue weighted by molar-refractivity contribution is -0.117. The molecule has 0 unspecified atom stereocenters. The second kappa shape index (κ2) is 5.17. The summed E-state index contributed by atoms with van der Waals surface area (Å²) >= 11 is 5.85. The van der Waals surface area contributed by atoms with Gasteiger partial charge in [-0.3, -0.25) is 4.79 Å². The molecule has 102 valence electrons. The Morgan fingerprint density at radius 1 is 1.20 bits per heavy atom. The van der Waals surface area contributed by atoms with Crippen LogP contribution in [-0.4, -0.2) is 12.5 Å². The molecular weight excluding hydrogens is 272 g/mol. The number of rotatable bonds is 2. The van der Waals surface area contributed by atoms with E-state index in [1.807, 2.05) is 30.3 Å². The van der Waals surface area contributed by atoms with Crippen LogP contribution in [0.5, 0.6) is 0 Å². The van der Waals surface area contributed by atoms with Crippen molar-refractivity contribution in [3.05, 3.63) is 58.6 Å². The molecule has 2 N–H and O–H groups in total. The summed E-state index contributed by atoms with van der Waals surface area (Å²) in [6, 6.07) is 13.2. The SMILES string of the molecule is Nc1cccc2c1N(C(=O)Cc1ccc(Cl)cc1)CC2. The highest BCUT2D eigenvalue weighted by Crippen LogP contribution is 2.33. The Bertz CT molecular complexity index is 652. The predicted molar refractivity (Wildman–Crippen MR) is 82.1 cm³/mol. The highest BCUT2D eigenvalue weighted by Gasteiger charge is 2.26. The fraction of sp³-hybridized carbons (Fsp3) is 0.188. The lowest BCUT2D eigenvalue weighted by Crippen LogP contribution is -2.30. The van der Waals surface area contributed by atoms with Crippen LogP contribution in [0.4, 0.5) is 11.4 Å². The van der Waals surface area contributed by atoms with Crippen molar-refractivity contribution in [1.29, 1.82) is 0 Å². The van der Waals surface area contributed by atoms with Gasteiger partial charge in [0.2, 0.25) is 5.91 Å². The minimum atomic E-state index is 0.0731. The van der Waals surface area contributed by atoms with Gasteiger partial charge in [0, 0.05) is 11.6 Å². The van der Waals surface area contributed by atoms with Crippen LogP contribution in [0.2, 0.25) is 5.02 Å². The van der Waals surface area contributed by atoms with Gasteiger partial charge < -0.3 is 10.6 Å². The maximum absolute atomic E-state index is 12.5. The summed E-state index contributed by atoms with van der Waals surface area (Å²) in [5, 5.41) is 0.678. The minimum Gasteiger partial charge on any atom is -0.397 e. The van der Waals surface area contributed by atoms with Crippen molar-refractivity contribution in [3.63, 3.8) is 0 Å². The fourth-order valence-corrected chi connectivity index (χ4v) is 2.73. The van der Waals surface area contributed by atoms with Gasteiger partial charge in [0.1, 0.15) is 0 Å². The normalized spacial score (nSPS) is 13.3. The summed E-state index contributed by atoms with van der Waals surface area (Å²) in [7, 11) is 0. The minimum absolute atomic E-state index is 0.0731. The van der Waals surface area contributed by atoms with Crippen LogP contribution in [0, 0.1) is 0 Å². The molecule has 1 heterocycles. The van der Waals surface area contributed by atoms with E-state index in [1.54, 1.807) is 17.0 Å². The molecule has 20 heavy (non-hydrogen) atoms. The van der Waals surface area contributed by atoms with Gasteiger partial charge in [-0.05, 0) is 35.7 Å². The molecule has 0 aromatic heterocycles. The van der Waals surface area contributed by atoms with Crippen LogP contribution in [0.3, 0.4) is 0 Å². The van der Waals surface area contributed by atoms with Crippen molar-refractivity contribution >= 4 is 28.9 Å². The Labute approximate surface area is 123 Å². The number of anilines is 2. The van der Waals surface area contributed by atoms with E-state index in [1.165, 1.54) is 0 Å². The summed E-state index contributed by atoms with van der Waals surface area (Å²) in [6.07, 6.45) is 1.23. The average molecular weight is 287 g/mol. The highest BCUT2D eigenvalue weighted by molar-refractivity contribution is 6.30. The number of nitrogens with zero attached hydrogens (tertiary/aromatic N) is 1. The van der Waals surface area contributed by atoms with Crippen LogP contribution < -0.4 is 10.6 Å². The largest absolute Gasteiger partial charge is 0.397 e. The van der Waals surface area contributed by atoms with E-state index in [0.29, 0.717) is 23.7 Å². The monoisotopic (exact) mass is 286 g/mol. The molecule has 3 rings (SSSR count). The average Bonchev–Trinajstić information content (AvgIpc) is 2.87. The molecule has 3 nitrogen and oxygen atoms in total. The number of hydrogen-bond acceptors (Lipinski definition) is 2. The first-order chi connectivity index (χ1) is 9.65. The Hall–Kier alpha value is -2.00. The van der Waals surface area contributed by atoms with Crippen LogP contribution in [0.1, 0.15) is 11.1 Å². The summed E-state index contributed by atoms with van der Waals surface area (Å²) in [5.41, 5.74) is 9.66. The zero-order valence-corrected chi connectivity index (χ0v) is 11.7. The maximum Gasteiger partial charge on any atom is 0.231 e. The number of benzene rings is 2. The third kappa shape index (κ3) is 2.37. The number of carbonyl (C=O) groups excluding carboxylic acids is 1.